The van der Waals surface area contributed by atoms with Crippen molar-refractivity contribution in [2.24, 2.45) is 5.92 Å². The number of amides is 4. The van der Waals surface area contributed by atoms with E-state index in [1.165, 1.54) is 17.0 Å². The molecule has 0 bridgehead atoms. The smallest absolute Gasteiger partial charge is 0.325 e. The average Bonchev–Trinajstić information content (AvgIpc) is 2.97. The first-order valence-electron chi connectivity index (χ1n) is 10.9. The third kappa shape index (κ3) is 5.06. The molecule has 1 aromatic carbocycles. The number of nitrogens with zero attached hydrogens (tertiary/aromatic N) is 2. The molecule has 2 atom stereocenters. The number of benzene rings is 1. The zero-order valence-electron chi connectivity index (χ0n) is 18.8. The van der Waals surface area contributed by atoms with E-state index < -0.39 is 21.4 Å². The highest BCUT2D eigenvalue weighted by molar-refractivity contribution is 7.90. The first-order chi connectivity index (χ1) is 15.0. The van der Waals surface area contributed by atoms with Crippen LogP contribution in [-0.2, 0) is 19.4 Å². The summed E-state index contributed by atoms with van der Waals surface area (Å²) in [4.78, 5) is 40.7. The van der Waals surface area contributed by atoms with Crippen molar-refractivity contribution in [2.75, 3.05) is 33.0 Å². The topological polar surface area (TPSA) is 113 Å². The van der Waals surface area contributed by atoms with E-state index in [-0.39, 0.29) is 35.8 Å². The first kappa shape index (κ1) is 24.0. The maximum absolute atomic E-state index is 13.0. The lowest BCUT2D eigenvalue weighted by molar-refractivity contribution is -0.140. The van der Waals surface area contributed by atoms with Gasteiger partial charge >= 0.3 is 6.03 Å². The van der Waals surface area contributed by atoms with E-state index in [1.807, 2.05) is 6.92 Å². The monoisotopic (exact) mass is 465 g/mol. The van der Waals surface area contributed by atoms with Gasteiger partial charge in [0.15, 0.2) is 9.84 Å². The number of hydrogen-bond donors (Lipinski definition) is 1. The van der Waals surface area contributed by atoms with Crippen LogP contribution in [0.4, 0.5) is 4.79 Å². The Kier molecular flexibility index (Phi) is 7.12. The summed E-state index contributed by atoms with van der Waals surface area (Å²) in [6.07, 6.45) is 5.04. The average molecular weight is 466 g/mol. The molecule has 1 saturated heterocycles. The minimum Gasteiger partial charge on any atom is -0.493 e. The number of imide groups is 1. The summed E-state index contributed by atoms with van der Waals surface area (Å²) >= 11 is 0. The molecule has 32 heavy (non-hydrogen) atoms. The van der Waals surface area contributed by atoms with Gasteiger partial charge in [-0.2, -0.15) is 0 Å². The Hall–Kier alpha value is -2.62. The van der Waals surface area contributed by atoms with Gasteiger partial charge in [-0.3, -0.25) is 14.5 Å². The molecule has 176 valence electrons. The highest BCUT2D eigenvalue weighted by Gasteiger charge is 2.55. The van der Waals surface area contributed by atoms with Crippen LogP contribution in [0.3, 0.4) is 0 Å². The van der Waals surface area contributed by atoms with Gasteiger partial charge in [0.25, 0.3) is 5.91 Å². The van der Waals surface area contributed by atoms with Gasteiger partial charge in [-0.05, 0) is 43.4 Å². The van der Waals surface area contributed by atoms with Gasteiger partial charge < -0.3 is 15.0 Å². The lowest BCUT2D eigenvalue weighted by Crippen LogP contribution is -2.54. The van der Waals surface area contributed by atoms with Crippen LogP contribution in [0.15, 0.2) is 29.2 Å². The Morgan fingerprint density at radius 3 is 2.75 bits per heavy atom. The Morgan fingerprint density at radius 1 is 1.31 bits per heavy atom. The molecule has 1 spiro atoms. The second-order valence-corrected chi connectivity index (χ2v) is 10.7. The van der Waals surface area contributed by atoms with Gasteiger partial charge in [-0.1, -0.05) is 25.8 Å². The van der Waals surface area contributed by atoms with Crippen molar-refractivity contribution < 1.29 is 27.5 Å². The molecule has 2 unspecified atom stereocenters. The van der Waals surface area contributed by atoms with Crippen LogP contribution in [0.1, 0.15) is 39.0 Å². The van der Waals surface area contributed by atoms with Crippen molar-refractivity contribution in [3.05, 3.63) is 24.3 Å². The van der Waals surface area contributed by atoms with Gasteiger partial charge in [0.2, 0.25) is 5.91 Å². The molecule has 1 aliphatic heterocycles. The summed E-state index contributed by atoms with van der Waals surface area (Å²) < 4.78 is 28.9. The molecule has 0 radical (unpaired) electrons. The lowest BCUT2D eigenvalue weighted by atomic mass is 9.73. The standard InChI is InChI=1S/C22H31N3O6S/c1-16-8-4-5-11-22(16)20(27)25(21(28)23-22)15-19(26)24(2)12-7-13-31-17-9-6-10-18(14-17)32(3,29)30/h6,9-10,14,16H,4-5,7-8,11-13,15H2,1-3H3,(H,23,28). The molecular formula is C22H31N3O6S. The van der Waals surface area contributed by atoms with E-state index in [9.17, 15) is 22.8 Å². The van der Waals surface area contributed by atoms with E-state index in [2.05, 4.69) is 5.32 Å². The predicted octanol–water partition coefficient (Wildman–Crippen LogP) is 1.82. The van der Waals surface area contributed by atoms with Crippen LogP contribution in [0.2, 0.25) is 0 Å². The van der Waals surface area contributed by atoms with Crippen molar-refractivity contribution in [1.29, 1.82) is 0 Å². The Balaban J connectivity index is 1.48. The number of rotatable bonds is 8. The quantitative estimate of drug-likeness (QED) is 0.463. The third-order valence-corrected chi connectivity index (χ3v) is 7.47. The van der Waals surface area contributed by atoms with Crippen LogP contribution in [0.25, 0.3) is 0 Å². The van der Waals surface area contributed by atoms with Crippen molar-refractivity contribution in [1.82, 2.24) is 15.1 Å². The molecule has 1 N–H and O–H groups in total. The number of urea groups is 1. The molecule has 4 amide bonds. The number of likely N-dealkylation sites (N-methyl/N-ethyl adjacent to an activating group) is 1. The van der Waals surface area contributed by atoms with Gasteiger partial charge in [0.05, 0.1) is 11.5 Å². The SMILES string of the molecule is CC1CCCCC12NC(=O)N(CC(=O)N(C)CCCOc1cccc(S(C)(=O)=O)c1)C2=O. The molecule has 1 aromatic rings. The van der Waals surface area contributed by atoms with E-state index >= 15 is 0 Å². The summed E-state index contributed by atoms with van der Waals surface area (Å²) in [5.74, 6) is -0.143. The second kappa shape index (κ2) is 9.48. The number of hydrogen-bond acceptors (Lipinski definition) is 6. The minimum absolute atomic E-state index is 0.0453. The van der Waals surface area contributed by atoms with Crippen molar-refractivity contribution in [3.63, 3.8) is 0 Å². The van der Waals surface area contributed by atoms with E-state index in [0.717, 1.165) is 30.4 Å². The molecule has 1 aliphatic carbocycles. The summed E-state index contributed by atoms with van der Waals surface area (Å²) in [5.41, 5.74) is -0.872. The van der Waals surface area contributed by atoms with Crippen LogP contribution in [0.5, 0.6) is 5.75 Å². The summed E-state index contributed by atoms with van der Waals surface area (Å²) in [7, 11) is -1.70. The maximum atomic E-state index is 13.0. The van der Waals surface area contributed by atoms with E-state index in [0.29, 0.717) is 25.1 Å². The normalized spacial score (nSPS) is 23.3. The van der Waals surface area contributed by atoms with Crippen molar-refractivity contribution >= 4 is 27.7 Å². The zero-order valence-corrected chi connectivity index (χ0v) is 19.6. The molecule has 1 saturated carbocycles. The fourth-order valence-corrected chi connectivity index (χ4v) is 4.96. The number of carbonyl (C=O) groups excluding carboxylic acids is 3. The predicted molar refractivity (Wildman–Crippen MR) is 118 cm³/mol. The van der Waals surface area contributed by atoms with Gasteiger partial charge in [-0.15, -0.1) is 0 Å². The van der Waals surface area contributed by atoms with E-state index in [4.69, 9.17) is 4.74 Å². The molecule has 10 heteroatoms. The number of nitrogens with one attached hydrogen (secondary N) is 1. The van der Waals surface area contributed by atoms with Crippen LogP contribution in [-0.4, -0.2) is 74.6 Å². The van der Waals surface area contributed by atoms with E-state index in [1.54, 1.807) is 19.2 Å². The van der Waals surface area contributed by atoms with Crippen LogP contribution >= 0.6 is 0 Å². The molecule has 9 nitrogen and oxygen atoms in total. The molecular weight excluding hydrogens is 434 g/mol. The zero-order chi connectivity index (χ0) is 23.5. The minimum atomic E-state index is -3.31. The van der Waals surface area contributed by atoms with Crippen LogP contribution < -0.4 is 10.1 Å². The second-order valence-electron chi connectivity index (χ2n) is 8.70. The highest BCUT2D eigenvalue weighted by atomic mass is 32.2. The fourth-order valence-electron chi connectivity index (χ4n) is 4.31. The maximum Gasteiger partial charge on any atom is 0.325 e. The number of carbonyl (C=O) groups is 3. The van der Waals surface area contributed by atoms with Crippen molar-refractivity contribution in [3.8, 4) is 5.75 Å². The first-order valence-corrected chi connectivity index (χ1v) is 12.7. The molecule has 0 aromatic heterocycles. The summed E-state index contributed by atoms with van der Waals surface area (Å²) in [6.45, 7) is 2.34. The summed E-state index contributed by atoms with van der Waals surface area (Å²) in [5, 5.41) is 2.85. The third-order valence-electron chi connectivity index (χ3n) is 6.36. The molecule has 3 rings (SSSR count). The molecule has 2 fully saturated rings. The highest BCUT2D eigenvalue weighted by Crippen LogP contribution is 2.38. The number of ether oxygens (including phenoxy) is 1. The van der Waals surface area contributed by atoms with Crippen LogP contribution in [0, 0.1) is 5.92 Å². The fraction of sp³-hybridized carbons (Fsp3) is 0.591. The Labute approximate surface area is 189 Å². The summed E-state index contributed by atoms with van der Waals surface area (Å²) in [6, 6.07) is 5.74. The molecule has 2 aliphatic rings. The molecule has 1 heterocycles. The Bertz CT molecular complexity index is 995. The number of sulfone groups is 1. The van der Waals surface area contributed by atoms with Gasteiger partial charge in [-0.25, -0.2) is 13.2 Å². The van der Waals surface area contributed by atoms with Gasteiger partial charge in [0, 0.05) is 19.8 Å². The Morgan fingerprint density at radius 2 is 2.06 bits per heavy atom. The van der Waals surface area contributed by atoms with Crippen molar-refractivity contribution in [2.45, 2.75) is 49.5 Å². The lowest BCUT2D eigenvalue weighted by Gasteiger charge is -2.36. The van der Waals surface area contributed by atoms with Gasteiger partial charge in [0.1, 0.15) is 17.8 Å². The largest absolute Gasteiger partial charge is 0.493 e.